The zero-order valence-corrected chi connectivity index (χ0v) is 21.0. The third kappa shape index (κ3) is 10.1. The molecule has 0 saturated carbocycles. The van der Waals surface area contributed by atoms with Gasteiger partial charge in [0.2, 0.25) is 17.7 Å². The molecule has 0 saturated heterocycles. The Morgan fingerprint density at radius 1 is 0.944 bits per heavy atom. The molecule has 13 heteroatoms. The number of hydrogen-bond acceptors (Lipinski definition) is 8. The number of amides is 3. The number of rotatable bonds is 15. The maximum Gasteiger partial charge on any atom is 0.326 e. The number of aromatic hydroxyl groups is 1. The quantitative estimate of drug-likeness (QED) is 0.140. The van der Waals surface area contributed by atoms with Gasteiger partial charge in [0, 0.05) is 12.2 Å². The largest absolute Gasteiger partial charge is 0.508 e. The highest BCUT2D eigenvalue weighted by atomic mass is 32.1. The maximum atomic E-state index is 12.9. The van der Waals surface area contributed by atoms with Crippen LogP contribution in [0.4, 0.5) is 0 Å². The van der Waals surface area contributed by atoms with Crippen molar-refractivity contribution in [2.24, 2.45) is 11.7 Å². The minimum atomic E-state index is -1.32. The summed E-state index contributed by atoms with van der Waals surface area (Å²) in [4.78, 5) is 60.7. The van der Waals surface area contributed by atoms with Crippen molar-refractivity contribution in [3.63, 3.8) is 0 Å². The van der Waals surface area contributed by atoms with Crippen LogP contribution in [-0.2, 0) is 30.4 Å². The number of phenols is 1. The van der Waals surface area contributed by atoms with Crippen molar-refractivity contribution in [1.29, 1.82) is 0 Å². The second-order valence-electron chi connectivity index (χ2n) is 8.42. The third-order valence-corrected chi connectivity index (χ3v) is 5.97. The molecule has 1 aromatic carbocycles. The molecular weight excluding hydrogens is 492 g/mol. The minimum Gasteiger partial charge on any atom is -0.508 e. The number of phenolic OH excluding ortho intramolecular Hbond substituents is 1. The van der Waals surface area contributed by atoms with Crippen molar-refractivity contribution in [2.75, 3.05) is 5.75 Å². The van der Waals surface area contributed by atoms with E-state index >= 15 is 0 Å². The first-order chi connectivity index (χ1) is 16.9. The average Bonchev–Trinajstić information content (AvgIpc) is 2.83. The highest BCUT2D eigenvalue weighted by Crippen LogP contribution is 2.12. The van der Waals surface area contributed by atoms with Gasteiger partial charge < -0.3 is 37.0 Å². The lowest BCUT2D eigenvalue weighted by Crippen LogP contribution is -2.58. The number of nitrogens with two attached hydrogens (primary N) is 1. The van der Waals surface area contributed by atoms with E-state index in [1.807, 2.05) is 0 Å². The molecule has 0 heterocycles. The van der Waals surface area contributed by atoms with Gasteiger partial charge in [0.15, 0.2) is 0 Å². The maximum absolute atomic E-state index is 12.9. The van der Waals surface area contributed by atoms with Gasteiger partial charge in [0.25, 0.3) is 0 Å². The Kier molecular flexibility index (Phi) is 12.7. The Morgan fingerprint density at radius 2 is 1.50 bits per heavy atom. The van der Waals surface area contributed by atoms with Crippen molar-refractivity contribution in [2.45, 2.75) is 63.7 Å². The van der Waals surface area contributed by atoms with Crippen LogP contribution in [0.15, 0.2) is 24.3 Å². The normalized spacial score (nSPS) is 15.0. The zero-order chi connectivity index (χ0) is 27.4. The van der Waals surface area contributed by atoms with E-state index in [2.05, 4.69) is 28.6 Å². The van der Waals surface area contributed by atoms with Crippen LogP contribution < -0.4 is 21.7 Å². The van der Waals surface area contributed by atoms with E-state index in [-0.39, 0.29) is 30.3 Å². The summed E-state index contributed by atoms with van der Waals surface area (Å²) < 4.78 is 0. The fourth-order valence-electron chi connectivity index (χ4n) is 3.20. The van der Waals surface area contributed by atoms with Crippen LogP contribution in [-0.4, -0.2) is 74.9 Å². The Balaban J connectivity index is 2.91. The van der Waals surface area contributed by atoms with Crippen molar-refractivity contribution in [3.05, 3.63) is 29.8 Å². The summed E-state index contributed by atoms with van der Waals surface area (Å²) in [5.74, 6) is -5.27. The monoisotopic (exact) mass is 526 g/mol. The highest BCUT2D eigenvalue weighted by molar-refractivity contribution is 7.80. The summed E-state index contributed by atoms with van der Waals surface area (Å²) in [6.45, 7) is 3.43. The van der Waals surface area contributed by atoms with E-state index in [4.69, 9.17) is 10.8 Å². The molecule has 5 unspecified atom stereocenters. The SMILES string of the molecule is CCC(C)C(NC(=O)C(CS)NC(=O)C(CCC(=O)O)NC(=O)C(N)Cc1ccc(O)cc1)C(=O)O. The molecule has 200 valence electrons. The van der Waals surface area contributed by atoms with Gasteiger partial charge >= 0.3 is 11.9 Å². The van der Waals surface area contributed by atoms with E-state index in [0.29, 0.717) is 12.0 Å². The van der Waals surface area contributed by atoms with Crippen LogP contribution >= 0.6 is 12.6 Å². The molecule has 1 rings (SSSR count). The van der Waals surface area contributed by atoms with E-state index in [1.165, 1.54) is 12.1 Å². The average molecular weight is 527 g/mol. The molecule has 0 spiro atoms. The Hall–Kier alpha value is -3.32. The molecule has 12 nitrogen and oxygen atoms in total. The molecule has 0 radical (unpaired) electrons. The van der Waals surface area contributed by atoms with Crippen molar-refractivity contribution in [3.8, 4) is 5.75 Å². The second-order valence-corrected chi connectivity index (χ2v) is 8.79. The van der Waals surface area contributed by atoms with Crippen LogP contribution in [0.3, 0.4) is 0 Å². The minimum absolute atomic E-state index is 0.0452. The predicted octanol–water partition coefficient (Wildman–Crippen LogP) is -0.358. The smallest absolute Gasteiger partial charge is 0.326 e. The van der Waals surface area contributed by atoms with Gasteiger partial charge in [-0.05, 0) is 36.5 Å². The van der Waals surface area contributed by atoms with Crippen LogP contribution in [0.1, 0.15) is 38.7 Å². The summed E-state index contributed by atoms with van der Waals surface area (Å²) in [6.07, 6.45) is -0.140. The number of carbonyl (C=O) groups excluding carboxylic acids is 3. The Morgan fingerprint density at radius 3 is 2.00 bits per heavy atom. The summed E-state index contributed by atoms with van der Waals surface area (Å²) in [7, 11) is 0. The van der Waals surface area contributed by atoms with Gasteiger partial charge in [-0.2, -0.15) is 12.6 Å². The number of carbonyl (C=O) groups is 5. The van der Waals surface area contributed by atoms with Crippen molar-refractivity contribution >= 4 is 42.3 Å². The summed E-state index contributed by atoms with van der Waals surface area (Å²) in [6, 6.07) is 1.21. The van der Waals surface area contributed by atoms with Crippen LogP contribution in [0, 0.1) is 5.92 Å². The van der Waals surface area contributed by atoms with E-state index in [9.17, 15) is 34.2 Å². The number of thiol groups is 1. The van der Waals surface area contributed by atoms with Crippen LogP contribution in [0.2, 0.25) is 0 Å². The molecular formula is C23H34N4O8S. The van der Waals surface area contributed by atoms with Gasteiger partial charge in [-0.1, -0.05) is 32.4 Å². The first kappa shape index (κ1) is 30.7. The second kappa shape index (κ2) is 14.9. The molecule has 0 fully saturated rings. The van der Waals surface area contributed by atoms with Gasteiger partial charge in [-0.15, -0.1) is 0 Å². The molecule has 0 aliphatic heterocycles. The number of hydrogen-bond donors (Lipinski definition) is 8. The standard InChI is InChI=1S/C23H34N4O8S/c1-3-12(2)19(23(34)35)27-22(33)17(11-36)26-21(32)16(8-9-18(29)30)25-20(31)15(24)10-13-4-6-14(28)7-5-13/h4-7,12,15-17,19,28,36H,3,8-11,24H2,1-2H3,(H,25,31)(H,26,32)(H,27,33)(H,29,30)(H,34,35). The molecule has 8 N–H and O–H groups in total. The van der Waals surface area contributed by atoms with Crippen LogP contribution in [0.5, 0.6) is 5.75 Å². The first-order valence-electron chi connectivity index (χ1n) is 11.4. The number of carboxylic acids is 2. The number of nitrogens with one attached hydrogen (secondary N) is 3. The lowest BCUT2D eigenvalue weighted by molar-refractivity contribution is -0.143. The fraction of sp³-hybridized carbons (Fsp3) is 0.522. The first-order valence-corrected chi connectivity index (χ1v) is 12.0. The summed E-state index contributed by atoms with van der Waals surface area (Å²) in [5, 5.41) is 35.0. The van der Waals surface area contributed by atoms with Gasteiger partial charge in [-0.25, -0.2) is 4.79 Å². The van der Waals surface area contributed by atoms with Gasteiger partial charge in [0.05, 0.1) is 6.04 Å². The summed E-state index contributed by atoms with van der Waals surface area (Å²) >= 11 is 4.05. The molecule has 0 bridgehead atoms. The molecule has 0 aliphatic carbocycles. The number of aliphatic carboxylic acids is 2. The van der Waals surface area contributed by atoms with E-state index < -0.39 is 60.2 Å². The Labute approximate surface area is 214 Å². The lowest BCUT2D eigenvalue weighted by Gasteiger charge is -2.25. The lowest BCUT2D eigenvalue weighted by atomic mass is 9.99. The Bertz CT molecular complexity index is 927. The third-order valence-electron chi connectivity index (χ3n) is 5.60. The molecule has 0 aromatic heterocycles. The van der Waals surface area contributed by atoms with Crippen molar-refractivity contribution in [1.82, 2.24) is 16.0 Å². The van der Waals surface area contributed by atoms with Crippen LogP contribution in [0.25, 0.3) is 0 Å². The molecule has 5 atom stereocenters. The number of benzene rings is 1. The number of carboxylic acid groups (broad SMARTS) is 2. The van der Waals surface area contributed by atoms with E-state index in [0.717, 1.165) is 0 Å². The molecule has 36 heavy (non-hydrogen) atoms. The molecule has 3 amide bonds. The topological polar surface area (TPSA) is 208 Å². The van der Waals surface area contributed by atoms with Gasteiger partial charge in [0.1, 0.15) is 23.9 Å². The van der Waals surface area contributed by atoms with Gasteiger partial charge in [-0.3, -0.25) is 19.2 Å². The highest BCUT2D eigenvalue weighted by Gasteiger charge is 2.31. The van der Waals surface area contributed by atoms with E-state index in [1.54, 1.807) is 26.0 Å². The fourth-order valence-corrected chi connectivity index (χ4v) is 3.45. The van der Waals surface area contributed by atoms with Crippen molar-refractivity contribution < 1.29 is 39.3 Å². The summed E-state index contributed by atoms with van der Waals surface area (Å²) in [5.41, 5.74) is 6.59. The predicted molar refractivity (Wildman–Crippen MR) is 133 cm³/mol. The molecule has 1 aromatic rings. The molecule has 0 aliphatic rings. The zero-order valence-electron chi connectivity index (χ0n) is 20.1.